The number of allylic oxidation sites excluding steroid dienone is 5. The summed E-state index contributed by atoms with van der Waals surface area (Å²) in [6.45, 7) is 13.6. The summed E-state index contributed by atoms with van der Waals surface area (Å²) in [7, 11) is 0. The van der Waals surface area contributed by atoms with E-state index in [1.54, 1.807) is 0 Å². The summed E-state index contributed by atoms with van der Waals surface area (Å²) < 4.78 is 6.37. The van der Waals surface area contributed by atoms with Crippen LogP contribution < -0.4 is 4.90 Å². The predicted octanol–water partition coefficient (Wildman–Crippen LogP) is 12.0. The fourth-order valence-electron chi connectivity index (χ4n) is 7.12. The normalized spacial score (nSPS) is 16.0. The third-order valence-electron chi connectivity index (χ3n) is 9.53. The molecule has 1 aromatic heterocycles. The van der Waals surface area contributed by atoms with Gasteiger partial charge in [-0.2, -0.15) is 0 Å². The first kappa shape index (κ1) is 29.4. The summed E-state index contributed by atoms with van der Waals surface area (Å²) in [5.41, 5.74) is 11.7. The average Bonchev–Trinajstić information content (AvgIpc) is 3.52. The number of furan rings is 1. The number of aryl methyl sites for hydroxylation is 1. The molecule has 46 heavy (non-hydrogen) atoms. The maximum absolute atomic E-state index is 6.37. The van der Waals surface area contributed by atoms with Gasteiger partial charge >= 0.3 is 0 Å². The van der Waals surface area contributed by atoms with E-state index in [1.807, 2.05) is 18.2 Å². The van der Waals surface area contributed by atoms with Crippen LogP contribution in [0.3, 0.4) is 0 Å². The van der Waals surface area contributed by atoms with Gasteiger partial charge in [-0.25, -0.2) is 0 Å². The zero-order chi connectivity index (χ0) is 31.8. The van der Waals surface area contributed by atoms with Crippen molar-refractivity contribution in [3.8, 4) is 0 Å². The van der Waals surface area contributed by atoms with Crippen molar-refractivity contribution in [2.45, 2.75) is 33.1 Å². The number of hydrogen-bond donors (Lipinski definition) is 0. The van der Waals surface area contributed by atoms with Crippen molar-refractivity contribution in [3.05, 3.63) is 180 Å². The van der Waals surface area contributed by atoms with Crippen LogP contribution in [0.1, 0.15) is 48.8 Å². The van der Waals surface area contributed by atoms with Gasteiger partial charge in [0.25, 0.3) is 0 Å². The van der Waals surface area contributed by atoms with Gasteiger partial charge in [-0.05, 0) is 82.8 Å². The maximum Gasteiger partial charge on any atom is 0.138 e. The standard InChI is InChI=1S/C44H39NO/c1-6-14-38-39-18-10-12-19-40(39)44(4,5)41(38)27-28-45(35-26-21-31-15-8-9-16-33(31)29-35)34-24-22-32(23-25-34)36(7-2)43-30(3)37-17-11-13-20-42(37)46-43/h6-27,29H,1,28H2,2-5H3/b36-7-,38-14-,41-27+. The van der Waals surface area contributed by atoms with Crippen LogP contribution in [0.5, 0.6) is 0 Å². The Bertz CT molecular complexity index is 2190. The molecule has 1 aliphatic carbocycles. The Kier molecular flexibility index (Phi) is 7.58. The molecule has 2 heteroatoms. The van der Waals surface area contributed by atoms with Crippen molar-refractivity contribution in [1.29, 1.82) is 0 Å². The highest BCUT2D eigenvalue weighted by Gasteiger charge is 2.37. The van der Waals surface area contributed by atoms with E-state index in [-0.39, 0.29) is 5.41 Å². The number of anilines is 2. The topological polar surface area (TPSA) is 16.4 Å². The van der Waals surface area contributed by atoms with Gasteiger partial charge in [0.15, 0.2) is 0 Å². The van der Waals surface area contributed by atoms with E-state index in [4.69, 9.17) is 4.42 Å². The molecule has 0 spiro atoms. The number of para-hydroxylation sites is 1. The van der Waals surface area contributed by atoms with Crippen molar-refractivity contribution in [2.24, 2.45) is 0 Å². The zero-order valence-corrected chi connectivity index (χ0v) is 27.0. The summed E-state index contributed by atoms with van der Waals surface area (Å²) in [6.07, 6.45) is 8.63. The first-order valence-corrected chi connectivity index (χ1v) is 16.1. The second-order valence-electron chi connectivity index (χ2n) is 12.5. The molecular formula is C44H39NO. The first-order valence-electron chi connectivity index (χ1n) is 16.1. The lowest BCUT2D eigenvalue weighted by atomic mass is 9.82. The highest BCUT2D eigenvalue weighted by atomic mass is 16.3. The van der Waals surface area contributed by atoms with E-state index in [2.05, 4.69) is 161 Å². The first-order chi connectivity index (χ1) is 22.4. The summed E-state index contributed by atoms with van der Waals surface area (Å²) in [6, 6.07) is 41.2. The van der Waals surface area contributed by atoms with Gasteiger partial charge < -0.3 is 9.32 Å². The lowest BCUT2D eigenvalue weighted by molar-refractivity contribution is 0.597. The van der Waals surface area contributed by atoms with Crippen LogP contribution in [0.25, 0.3) is 32.9 Å². The monoisotopic (exact) mass is 597 g/mol. The molecule has 0 atom stereocenters. The summed E-state index contributed by atoms with van der Waals surface area (Å²) >= 11 is 0. The number of hydrogen-bond acceptors (Lipinski definition) is 2. The molecular weight excluding hydrogens is 558 g/mol. The van der Waals surface area contributed by atoms with E-state index < -0.39 is 0 Å². The molecule has 6 aromatic rings. The molecule has 0 bridgehead atoms. The predicted molar refractivity (Wildman–Crippen MR) is 197 cm³/mol. The highest BCUT2D eigenvalue weighted by molar-refractivity contribution is 5.92. The third kappa shape index (κ3) is 5.01. The van der Waals surface area contributed by atoms with E-state index in [1.165, 1.54) is 38.6 Å². The minimum Gasteiger partial charge on any atom is -0.456 e. The fraction of sp³-hybridized carbons (Fsp3) is 0.136. The Balaban J connectivity index is 1.30. The van der Waals surface area contributed by atoms with Crippen LogP contribution in [0.2, 0.25) is 0 Å². The minimum atomic E-state index is -0.115. The molecule has 2 nitrogen and oxygen atoms in total. The molecule has 0 amide bonds. The summed E-state index contributed by atoms with van der Waals surface area (Å²) in [5.74, 6) is 0.928. The molecule has 0 saturated heterocycles. The van der Waals surface area contributed by atoms with Crippen LogP contribution in [0.15, 0.2) is 156 Å². The zero-order valence-electron chi connectivity index (χ0n) is 27.0. The van der Waals surface area contributed by atoms with E-state index in [0.717, 1.165) is 45.8 Å². The highest BCUT2D eigenvalue weighted by Crippen LogP contribution is 2.49. The van der Waals surface area contributed by atoms with Crippen molar-refractivity contribution in [3.63, 3.8) is 0 Å². The molecule has 7 rings (SSSR count). The average molecular weight is 598 g/mol. The lowest BCUT2D eigenvalue weighted by Crippen LogP contribution is -2.20. The van der Waals surface area contributed by atoms with E-state index in [0.29, 0.717) is 0 Å². The van der Waals surface area contributed by atoms with Gasteiger partial charge in [-0.1, -0.05) is 130 Å². The van der Waals surface area contributed by atoms with Gasteiger partial charge in [0.1, 0.15) is 11.3 Å². The van der Waals surface area contributed by atoms with Crippen molar-refractivity contribution in [1.82, 2.24) is 0 Å². The lowest BCUT2D eigenvalue weighted by Gasteiger charge is -2.27. The van der Waals surface area contributed by atoms with Crippen LogP contribution in [0.4, 0.5) is 11.4 Å². The quantitative estimate of drug-likeness (QED) is 0.182. The van der Waals surface area contributed by atoms with Gasteiger partial charge in [0.05, 0.1) is 0 Å². The molecule has 0 saturated carbocycles. The number of fused-ring (bicyclic) bond motifs is 3. The van der Waals surface area contributed by atoms with Crippen LogP contribution >= 0.6 is 0 Å². The Labute approximate surface area is 272 Å². The SMILES string of the molecule is C=C/C=C1\C(=C/CN(c2ccc(/C(=C/C)c3oc4ccccc4c3C)cc2)c2ccc3ccccc3c2)C(C)(C)c2ccccc21. The van der Waals surface area contributed by atoms with Crippen LogP contribution in [-0.4, -0.2) is 6.54 Å². The largest absolute Gasteiger partial charge is 0.456 e. The summed E-state index contributed by atoms with van der Waals surface area (Å²) in [4.78, 5) is 2.41. The smallest absolute Gasteiger partial charge is 0.138 e. The van der Waals surface area contributed by atoms with Gasteiger partial charge in [0, 0.05) is 39.9 Å². The molecule has 1 heterocycles. The second-order valence-corrected chi connectivity index (χ2v) is 12.5. The minimum absolute atomic E-state index is 0.115. The summed E-state index contributed by atoms with van der Waals surface area (Å²) in [5, 5.41) is 3.62. The molecule has 226 valence electrons. The number of nitrogens with zero attached hydrogens (tertiary/aromatic N) is 1. The van der Waals surface area contributed by atoms with Crippen molar-refractivity contribution < 1.29 is 4.42 Å². The Hall–Kier alpha value is -5.34. The Morgan fingerprint density at radius 3 is 2.26 bits per heavy atom. The van der Waals surface area contributed by atoms with Gasteiger partial charge in [-0.3, -0.25) is 0 Å². The molecule has 0 unspecified atom stereocenters. The van der Waals surface area contributed by atoms with Gasteiger partial charge in [-0.15, -0.1) is 0 Å². The Morgan fingerprint density at radius 1 is 0.804 bits per heavy atom. The third-order valence-corrected chi connectivity index (χ3v) is 9.53. The Morgan fingerprint density at radius 2 is 1.50 bits per heavy atom. The van der Waals surface area contributed by atoms with Gasteiger partial charge in [0.2, 0.25) is 0 Å². The number of rotatable bonds is 7. The molecule has 0 N–H and O–H groups in total. The molecule has 5 aromatic carbocycles. The van der Waals surface area contributed by atoms with Crippen LogP contribution in [-0.2, 0) is 5.41 Å². The maximum atomic E-state index is 6.37. The second kappa shape index (κ2) is 11.9. The van der Waals surface area contributed by atoms with Crippen molar-refractivity contribution >= 4 is 44.3 Å². The molecule has 0 fully saturated rings. The molecule has 0 aliphatic heterocycles. The van der Waals surface area contributed by atoms with Crippen LogP contribution in [0, 0.1) is 6.92 Å². The van der Waals surface area contributed by atoms with Crippen molar-refractivity contribution in [2.75, 3.05) is 11.4 Å². The van der Waals surface area contributed by atoms with E-state index >= 15 is 0 Å². The van der Waals surface area contributed by atoms with E-state index in [9.17, 15) is 0 Å². The molecule has 1 aliphatic rings. The number of benzene rings is 5. The fourth-order valence-corrected chi connectivity index (χ4v) is 7.12. The molecule has 0 radical (unpaired) electrons.